The van der Waals surface area contributed by atoms with E-state index in [1.165, 1.54) is 0 Å². The van der Waals surface area contributed by atoms with Crippen molar-refractivity contribution in [3.8, 4) is 5.75 Å². The van der Waals surface area contributed by atoms with Crippen LogP contribution < -0.4 is 10.1 Å². The molecule has 2 amide bonds. The molecule has 2 heterocycles. The van der Waals surface area contributed by atoms with Crippen molar-refractivity contribution in [2.45, 2.75) is 33.3 Å². The molecule has 0 atom stereocenters. The van der Waals surface area contributed by atoms with E-state index in [2.05, 4.69) is 10.5 Å². The molecule has 1 aromatic heterocycles. The Morgan fingerprint density at radius 3 is 2.53 bits per heavy atom. The fourth-order valence-corrected chi connectivity index (χ4v) is 3.88. The van der Waals surface area contributed by atoms with Gasteiger partial charge in [-0.2, -0.15) is 0 Å². The van der Waals surface area contributed by atoms with Crippen molar-refractivity contribution in [2.24, 2.45) is 5.92 Å². The van der Waals surface area contributed by atoms with Gasteiger partial charge in [-0.25, -0.2) is 0 Å². The number of carbonyl (C=O) groups excluding carboxylic acids is 2. The number of aromatic nitrogens is 1. The Morgan fingerprint density at radius 1 is 1.09 bits per heavy atom. The molecule has 0 radical (unpaired) electrons. The van der Waals surface area contributed by atoms with E-state index in [9.17, 15) is 9.59 Å². The first-order valence-electron chi connectivity index (χ1n) is 10.8. The number of nitrogens with zero attached hydrogens (tertiary/aromatic N) is 2. The number of para-hydroxylation sites is 1. The Kier molecular flexibility index (Phi) is 6.54. The molecule has 32 heavy (non-hydrogen) atoms. The van der Waals surface area contributed by atoms with E-state index >= 15 is 0 Å². The van der Waals surface area contributed by atoms with Crippen molar-refractivity contribution in [1.29, 1.82) is 0 Å². The van der Waals surface area contributed by atoms with Crippen LogP contribution in [0, 0.1) is 19.8 Å². The topological polar surface area (TPSA) is 84.7 Å². The van der Waals surface area contributed by atoms with Gasteiger partial charge in [0.1, 0.15) is 18.1 Å². The van der Waals surface area contributed by atoms with E-state index in [0.29, 0.717) is 43.9 Å². The molecule has 1 saturated heterocycles. The zero-order valence-corrected chi connectivity index (χ0v) is 18.3. The molecule has 3 aromatic rings. The quantitative estimate of drug-likeness (QED) is 0.624. The number of aryl methyl sites for hydroxylation is 2. The van der Waals surface area contributed by atoms with E-state index in [0.717, 1.165) is 22.7 Å². The van der Waals surface area contributed by atoms with Crippen LogP contribution >= 0.6 is 0 Å². The maximum absolute atomic E-state index is 13.0. The number of piperidine rings is 1. The van der Waals surface area contributed by atoms with Gasteiger partial charge in [-0.3, -0.25) is 9.59 Å². The van der Waals surface area contributed by atoms with Crippen molar-refractivity contribution in [3.05, 3.63) is 77.2 Å². The van der Waals surface area contributed by atoms with Gasteiger partial charge in [0.2, 0.25) is 5.91 Å². The highest BCUT2D eigenvalue weighted by atomic mass is 16.5. The Labute approximate surface area is 187 Å². The van der Waals surface area contributed by atoms with Gasteiger partial charge in [0.05, 0.1) is 11.3 Å². The first kappa shape index (κ1) is 21.6. The number of rotatable bonds is 6. The van der Waals surface area contributed by atoms with Gasteiger partial charge in [-0.05, 0) is 57.0 Å². The lowest BCUT2D eigenvalue weighted by molar-refractivity contribution is -0.121. The highest BCUT2D eigenvalue weighted by molar-refractivity contribution is 5.95. The Bertz CT molecular complexity index is 1070. The van der Waals surface area contributed by atoms with Crippen molar-refractivity contribution < 1.29 is 18.8 Å². The number of nitrogens with one attached hydrogen (secondary N) is 1. The van der Waals surface area contributed by atoms with Gasteiger partial charge in [-0.1, -0.05) is 29.4 Å². The Morgan fingerprint density at radius 2 is 1.84 bits per heavy atom. The molecule has 166 valence electrons. The van der Waals surface area contributed by atoms with E-state index in [4.69, 9.17) is 9.26 Å². The van der Waals surface area contributed by atoms with Crippen LogP contribution in [-0.4, -0.2) is 35.0 Å². The zero-order chi connectivity index (χ0) is 22.5. The van der Waals surface area contributed by atoms with Crippen LogP contribution in [0.4, 0.5) is 5.69 Å². The summed E-state index contributed by atoms with van der Waals surface area (Å²) in [5, 5.41) is 6.89. The minimum absolute atomic E-state index is 0.0121. The molecule has 1 N–H and O–H groups in total. The molecule has 0 saturated carbocycles. The maximum atomic E-state index is 13.0. The molecule has 7 heteroatoms. The fourth-order valence-electron chi connectivity index (χ4n) is 3.88. The van der Waals surface area contributed by atoms with Gasteiger partial charge in [0, 0.05) is 30.3 Å². The van der Waals surface area contributed by atoms with Crippen LogP contribution in [0.5, 0.6) is 5.75 Å². The van der Waals surface area contributed by atoms with E-state index < -0.39 is 0 Å². The van der Waals surface area contributed by atoms with Crippen LogP contribution in [0.1, 0.15) is 40.2 Å². The second-order valence-corrected chi connectivity index (χ2v) is 8.04. The summed E-state index contributed by atoms with van der Waals surface area (Å²) >= 11 is 0. The molecule has 2 aromatic carbocycles. The molecular formula is C25H27N3O4. The third-order valence-electron chi connectivity index (χ3n) is 5.84. The molecule has 0 unspecified atom stereocenters. The summed E-state index contributed by atoms with van der Waals surface area (Å²) in [4.78, 5) is 27.3. The highest BCUT2D eigenvalue weighted by Crippen LogP contribution is 2.23. The van der Waals surface area contributed by atoms with Crippen LogP contribution in [-0.2, 0) is 11.4 Å². The molecule has 1 aliphatic rings. The Balaban J connectivity index is 1.32. The maximum Gasteiger partial charge on any atom is 0.253 e. The molecular weight excluding hydrogens is 406 g/mol. The smallest absolute Gasteiger partial charge is 0.253 e. The van der Waals surface area contributed by atoms with E-state index in [1.54, 1.807) is 17.0 Å². The number of hydrogen-bond donors (Lipinski definition) is 1. The summed E-state index contributed by atoms with van der Waals surface area (Å²) in [5.41, 5.74) is 3.09. The standard InChI is InChI=1S/C25H27N3O4/c1-17-23(18(2)32-27-17)16-31-22-10-6-7-20(15-22)25(30)28-13-11-19(12-14-28)24(29)26-21-8-4-3-5-9-21/h3-10,15,19H,11-14,16H2,1-2H3,(H,26,29). The third-order valence-corrected chi connectivity index (χ3v) is 5.84. The molecule has 0 aliphatic carbocycles. The summed E-state index contributed by atoms with van der Waals surface area (Å²) in [6, 6.07) is 16.6. The van der Waals surface area contributed by atoms with Crippen LogP contribution in [0.15, 0.2) is 59.1 Å². The van der Waals surface area contributed by atoms with Crippen molar-refractivity contribution in [1.82, 2.24) is 10.1 Å². The van der Waals surface area contributed by atoms with Gasteiger partial charge >= 0.3 is 0 Å². The molecule has 7 nitrogen and oxygen atoms in total. The monoisotopic (exact) mass is 433 g/mol. The van der Waals surface area contributed by atoms with Crippen LogP contribution in [0.25, 0.3) is 0 Å². The van der Waals surface area contributed by atoms with Gasteiger partial charge in [0.25, 0.3) is 5.91 Å². The molecule has 0 bridgehead atoms. The lowest BCUT2D eigenvalue weighted by atomic mass is 9.95. The van der Waals surface area contributed by atoms with Crippen molar-refractivity contribution >= 4 is 17.5 Å². The Hall–Kier alpha value is -3.61. The number of benzene rings is 2. The summed E-state index contributed by atoms with van der Waals surface area (Å²) in [6.45, 7) is 5.16. The fraction of sp³-hybridized carbons (Fsp3) is 0.320. The predicted molar refractivity (Wildman–Crippen MR) is 120 cm³/mol. The number of hydrogen-bond acceptors (Lipinski definition) is 5. The molecule has 0 spiro atoms. The predicted octanol–water partition coefficient (Wildman–Crippen LogP) is 4.36. The average Bonchev–Trinajstić information content (AvgIpc) is 3.15. The van der Waals surface area contributed by atoms with Gasteiger partial charge < -0.3 is 19.5 Å². The summed E-state index contributed by atoms with van der Waals surface area (Å²) in [5.74, 6) is 1.22. The number of likely N-dealkylation sites (tertiary alicyclic amines) is 1. The first-order valence-corrected chi connectivity index (χ1v) is 10.8. The van der Waals surface area contributed by atoms with Crippen molar-refractivity contribution in [3.63, 3.8) is 0 Å². The second-order valence-electron chi connectivity index (χ2n) is 8.04. The lowest BCUT2D eigenvalue weighted by Gasteiger charge is -2.31. The van der Waals surface area contributed by atoms with Gasteiger partial charge in [-0.15, -0.1) is 0 Å². The lowest BCUT2D eigenvalue weighted by Crippen LogP contribution is -2.41. The molecule has 4 rings (SSSR count). The van der Waals surface area contributed by atoms with E-state index in [1.807, 2.05) is 56.3 Å². The molecule has 1 fully saturated rings. The van der Waals surface area contributed by atoms with Crippen LogP contribution in [0.2, 0.25) is 0 Å². The first-order chi connectivity index (χ1) is 15.5. The van der Waals surface area contributed by atoms with Crippen molar-refractivity contribution in [2.75, 3.05) is 18.4 Å². The highest BCUT2D eigenvalue weighted by Gasteiger charge is 2.28. The SMILES string of the molecule is Cc1noc(C)c1COc1cccc(C(=O)N2CCC(C(=O)Nc3ccccc3)CC2)c1. The van der Waals surface area contributed by atoms with Gasteiger partial charge in [0.15, 0.2) is 0 Å². The minimum Gasteiger partial charge on any atom is -0.489 e. The summed E-state index contributed by atoms with van der Waals surface area (Å²) in [6.07, 6.45) is 1.29. The minimum atomic E-state index is -0.0935. The number of amides is 2. The van der Waals surface area contributed by atoms with E-state index in [-0.39, 0.29) is 17.7 Å². The average molecular weight is 434 g/mol. The molecule has 1 aliphatic heterocycles. The number of carbonyl (C=O) groups is 2. The third kappa shape index (κ3) is 4.99. The van der Waals surface area contributed by atoms with Crippen LogP contribution in [0.3, 0.4) is 0 Å². The number of ether oxygens (including phenoxy) is 1. The largest absolute Gasteiger partial charge is 0.489 e. The summed E-state index contributed by atoms with van der Waals surface area (Å²) in [7, 11) is 0. The summed E-state index contributed by atoms with van der Waals surface area (Å²) < 4.78 is 11.0. The normalized spacial score (nSPS) is 14.2. The zero-order valence-electron chi connectivity index (χ0n) is 18.3. The second kappa shape index (κ2) is 9.68. The number of anilines is 1.